The molecule has 14 heteroatoms. The molecule has 2 aromatic carbocycles. The van der Waals surface area contributed by atoms with Gasteiger partial charge in [-0.25, -0.2) is 10.1 Å². The molecule has 0 radical (unpaired) electrons. The van der Waals surface area contributed by atoms with E-state index in [4.69, 9.17) is 4.84 Å². The molecule has 0 aromatic heterocycles. The van der Waals surface area contributed by atoms with E-state index >= 15 is 0 Å². The largest absolute Gasteiger partial charge is 0.322 e. The summed E-state index contributed by atoms with van der Waals surface area (Å²) in [6, 6.07) is 12.8. The first-order valence-corrected chi connectivity index (χ1v) is 9.40. The van der Waals surface area contributed by atoms with E-state index in [1.165, 1.54) is 24.3 Å². The van der Waals surface area contributed by atoms with Crippen LogP contribution in [0.3, 0.4) is 0 Å². The van der Waals surface area contributed by atoms with E-state index in [0.29, 0.717) is 11.0 Å². The van der Waals surface area contributed by atoms with Crippen LogP contribution in [-0.4, -0.2) is 41.4 Å². The van der Waals surface area contributed by atoms with Crippen molar-refractivity contribution in [2.45, 2.75) is 10.6 Å². The summed E-state index contributed by atoms with van der Waals surface area (Å²) in [5.74, 6) is -1.02. The third-order valence-electron chi connectivity index (χ3n) is 4.03. The second-order valence-corrected chi connectivity index (χ2v) is 7.13. The summed E-state index contributed by atoms with van der Waals surface area (Å²) in [5, 5.41) is 14.1. The lowest BCUT2D eigenvalue weighted by Crippen LogP contribution is -2.61. The fraction of sp³-hybridized carbons (Fsp3) is 0.133. The van der Waals surface area contributed by atoms with Crippen LogP contribution in [-0.2, 0) is 25.4 Å². The number of amides is 1. The minimum Gasteiger partial charge on any atom is -0.322 e. The summed E-state index contributed by atoms with van der Waals surface area (Å²) in [6.45, 7) is 0. The van der Waals surface area contributed by atoms with Gasteiger partial charge in [-0.2, -0.15) is 13.8 Å². The van der Waals surface area contributed by atoms with Gasteiger partial charge < -0.3 is 5.32 Å². The van der Waals surface area contributed by atoms with E-state index in [-0.39, 0.29) is 5.12 Å². The molecule has 1 fully saturated rings. The molecule has 154 valence electrons. The SMILES string of the molecule is CON1NN([N+](=O)[O-])C(C(=O)Nc2ccccc2)(c2ccccc2S(=O)(=O)O)N1. The van der Waals surface area contributed by atoms with E-state index < -0.39 is 37.2 Å². The average molecular weight is 424 g/mol. The molecule has 0 spiro atoms. The Hall–Kier alpha value is -3.14. The second-order valence-electron chi connectivity index (χ2n) is 5.74. The Morgan fingerprint density at radius 1 is 1.21 bits per heavy atom. The molecule has 1 heterocycles. The summed E-state index contributed by atoms with van der Waals surface area (Å²) in [5.41, 5.74) is 2.02. The first kappa shape index (κ1) is 20.6. The van der Waals surface area contributed by atoms with Crippen LogP contribution in [0.15, 0.2) is 59.5 Å². The lowest BCUT2D eigenvalue weighted by molar-refractivity contribution is -0.687. The maximum Gasteiger partial charge on any atom is 0.294 e. The van der Waals surface area contributed by atoms with Crippen molar-refractivity contribution in [3.8, 4) is 0 Å². The molecule has 0 saturated carbocycles. The number of para-hydroxylation sites is 1. The first-order valence-electron chi connectivity index (χ1n) is 7.96. The number of rotatable bonds is 6. The molecule has 0 bridgehead atoms. The van der Waals surface area contributed by atoms with Crippen molar-refractivity contribution < 1.29 is 27.6 Å². The molecule has 1 amide bonds. The van der Waals surface area contributed by atoms with Crippen LogP contribution in [0.1, 0.15) is 5.56 Å². The van der Waals surface area contributed by atoms with E-state index in [9.17, 15) is 27.9 Å². The molecule has 29 heavy (non-hydrogen) atoms. The van der Waals surface area contributed by atoms with E-state index in [1.807, 2.05) is 0 Å². The smallest absolute Gasteiger partial charge is 0.294 e. The van der Waals surface area contributed by atoms with Crippen LogP contribution in [0.2, 0.25) is 0 Å². The van der Waals surface area contributed by atoms with Gasteiger partial charge in [-0.15, -0.1) is 0 Å². The number of nitrogens with zero attached hydrogens (tertiary/aromatic N) is 3. The molecule has 3 rings (SSSR count). The van der Waals surface area contributed by atoms with Gasteiger partial charge in [0.15, 0.2) is 5.03 Å². The zero-order chi connectivity index (χ0) is 21.2. The van der Waals surface area contributed by atoms with Crippen LogP contribution in [0.25, 0.3) is 0 Å². The highest BCUT2D eigenvalue weighted by Gasteiger charge is 2.61. The summed E-state index contributed by atoms with van der Waals surface area (Å²) in [6.07, 6.45) is 0. The van der Waals surface area contributed by atoms with Gasteiger partial charge in [0.05, 0.1) is 7.11 Å². The number of anilines is 1. The van der Waals surface area contributed by atoms with Gasteiger partial charge in [0.25, 0.3) is 21.7 Å². The van der Waals surface area contributed by atoms with Gasteiger partial charge in [0, 0.05) is 11.3 Å². The number of hydrogen-bond donors (Lipinski definition) is 4. The fourth-order valence-electron chi connectivity index (χ4n) is 2.80. The van der Waals surface area contributed by atoms with Gasteiger partial charge in [0.1, 0.15) is 4.90 Å². The highest BCUT2D eigenvalue weighted by Crippen LogP contribution is 2.34. The molecule has 13 nitrogen and oxygen atoms in total. The minimum atomic E-state index is -4.85. The normalized spacial score (nSPS) is 19.9. The quantitative estimate of drug-likeness (QED) is 0.280. The highest BCUT2D eigenvalue weighted by molar-refractivity contribution is 7.85. The zero-order valence-electron chi connectivity index (χ0n) is 14.8. The Kier molecular flexibility index (Phi) is 5.47. The topological polar surface area (TPSA) is 166 Å². The molecule has 4 N–H and O–H groups in total. The molecule has 1 aliphatic rings. The van der Waals surface area contributed by atoms with E-state index in [1.54, 1.807) is 18.2 Å². The van der Waals surface area contributed by atoms with Gasteiger partial charge in [0.2, 0.25) is 0 Å². The molecule has 1 aliphatic heterocycles. The molecule has 1 unspecified atom stereocenters. The summed E-state index contributed by atoms with van der Waals surface area (Å²) in [4.78, 5) is 29.2. The van der Waals surface area contributed by atoms with Crippen LogP contribution in [0, 0.1) is 10.1 Å². The first-order chi connectivity index (χ1) is 13.7. The van der Waals surface area contributed by atoms with Crippen molar-refractivity contribution >= 4 is 21.7 Å². The number of hydrogen-bond acceptors (Lipinski definition) is 9. The molecule has 0 aliphatic carbocycles. The van der Waals surface area contributed by atoms with Crippen molar-refractivity contribution in [1.82, 2.24) is 21.4 Å². The fourth-order valence-corrected chi connectivity index (χ4v) is 3.55. The Balaban J connectivity index is 2.23. The van der Waals surface area contributed by atoms with Gasteiger partial charge >= 0.3 is 0 Å². The van der Waals surface area contributed by atoms with Crippen molar-refractivity contribution in [2.24, 2.45) is 0 Å². The van der Waals surface area contributed by atoms with Crippen LogP contribution in [0.5, 0.6) is 0 Å². The van der Waals surface area contributed by atoms with Crippen LogP contribution < -0.4 is 16.3 Å². The number of nitrogens with one attached hydrogen (secondary N) is 3. The Morgan fingerprint density at radius 3 is 2.41 bits per heavy atom. The lowest BCUT2D eigenvalue weighted by Gasteiger charge is -2.29. The number of benzene rings is 2. The summed E-state index contributed by atoms with van der Waals surface area (Å²) >= 11 is 0. The predicted molar refractivity (Wildman–Crippen MR) is 97.0 cm³/mol. The van der Waals surface area contributed by atoms with Crippen molar-refractivity contribution in [3.05, 3.63) is 70.3 Å². The Labute approximate surface area is 164 Å². The maximum atomic E-state index is 13.3. The third kappa shape index (κ3) is 3.75. The van der Waals surface area contributed by atoms with Gasteiger partial charge in [-0.1, -0.05) is 41.9 Å². The minimum absolute atomic E-state index is 0.221. The van der Waals surface area contributed by atoms with E-state index in [0.717, 1.165) is 19.2 Å². The van der Waals surface area contributed by atoms with Gasteiger partial charge in [-0.05, 0) is 28.6 Å². The predicted octanol–water partition coefficient (Wildman–Crippen LogP) is 0.0197. The molecular formula is C15H16N6O7S. The summed E-state index contributed by atoms with van der Waals surface area (Å²) in [7, 11) is -3.69. The van der Waals surface area contributed by atoms with Crippen LogP contribution >= 0.6 is 0 Å². The average Bonchev–Trinajstić information content (AvgIpc) is 3.09. The molecule has 1 atom stereocenters. The third-order valence-corrected chi connectivity index (χ3v) is 4.94. The lowest BCUT2D eigenvalue weighted by atomic mass is 9.98. The van der Waals surface area contributed by atoms with Crippen molar-refractivity contribution in [1.29, 1.82) is 0 Å². The standard InChI is InChI=1S/C15H16N6O7S/c1-28-20-17-15(19(18-20)21(23)24,14(22)16-11-7-3-2-4-8-11)12-9-5-6-10-13(12)29(25,26)27/h2-10,17-18H,1H3,(H,16,22)(H,25,26,27). The van der Waals surface area contributed by atoms with Gasteiger partial charge in [-0.3, -0.25) is 14.2 Å². The number of hydrazine groups is 4. The number of nitro groups is 1. The second kappa shape index (κ2) is 7.70. The van der Waals surface area contributed by atoms with Crippen molar-refractivity contribution in [3.63, 3.8) is 0 Å². The maximum absolute atomic E-state index is 13.3. The monoisotopic (exact) mass is 424 g/mol. The Bertz CT molecular complexity index is 1030. The van der Waals surface area contributed by atoms with E-state index in [2.05, 4.69) is 16.3 Å². The molecular weight excluding hydrogens is 408 g/mol. The Morgan fingerprint density at radius 2 is 1.83 bits per heavy atom. The zero-order valence-corrected chi connectivity index (χ0v) is 15.7. The summed E-state index contributed by atoms with van der Waals surface area (Å²) < 4.78 is 33.4. The number of carbonyl (C=O) groups excluding carboxylic acids is 1. The van der Waals surface area contributed by atoms with Crippen molar-refractivity contribution in [2.75, 3.05) is 12.4 Å². The molecule has 2 aromatic rings. The van der Waals surface area contributed by atoms with Crippen LogP contribution in [0.4, 0.5) is 5.69 Å². The highest BCUT2D eigenvalue weighted by atomic mass is 32.2. The molecule has 1 saturated heterocycles. The number of carbonyl (C=O) groups is 1.